The number of carbonyl (C=O) groups is 1. The van der Waals surface area contributed by atoms with Crippen LogP contribution in [0.15, 0.2) is 63.1 Å². The monoisotopic (exact) mass is 472 g/mol. The Morgan fingerprint density at radius 3 is 2.31 bits per heavy atom. The summed E-state index contributed by atoms with van der Waals surface area (Å²) in [6.45, 7) is 1.95. The molecule has 0 aliphatic heterocycles. The minimum Gasteiger partial charge on any atom is -0.494 e. The average Bonchev–Trinajstić information content (AvgIpc) is 2.77. The highest BCUT2D eigenvalue weighted by Crippen LogP contribution is 2.24. The number of amides is 1. The van der Waals surface area contributed by atoms with Crippen molar-refractivity contribution in [2.24, 2.45) is 19.1 Å². The summed E-state index contributed by atoms with van der Waals surface area (Å²) in [7, 11) is 2.65. The number of anilines is 1. The Kier molecular flexibility index (Phi) is 7.22. The van der Waals surface area contributed by atoms with Gasteiger partial charge in [0.15, 0.2) is 0 Å². The second-order valence-corrected chi connectivity index (χ2v) is 8.40. The summed E-state index contributed by atoms with van der Waals surface area (Å²) in [6, 6.07) is 13.9. The van der Waals surface area contributed by atoms with E-state index >= 15 is 0 Å². The third-order valence-electron chi connectivity index (χ3n) is 4.58. The summed E-state index contributed by atoms with van der Waals surface area (Å²) in [4.78, 5) is 41.8. The summed E-state index contributed by atoms with van der Waals surface area (Å²) in [5.74, 6) is -0.924. The molecule has 10 heteroatoms. The molecule has 2 aromatic carbocycles. The Labute approximate surface area is 193 Å². The Bertz CT molecular complexity index is 1300. The van der Waals surface area contributed by atoms with Crippen LogP contribution in [0.1, 0.15) is 11.1 Å². The van der Waals surface area contributed by atoms with Gasteiger partial charge < -0.3 is 10.4 Å². The van der Waals surface area contributed by atoms with Crippen molar-refractivity contribution in [1.82, 2.24) is 9.13 Å². The van der Waals surface area contributed by atoms with Gasteiger partial charge in [0.2, 0.25) is 11.8 Å². The van der Waals surface area contributed by atoms with Gasteiger partial charge in [-0.1, -0.05) is 41.1 Å². The third kappa shape index (κ3) is 5.30. The van der Waals surface area contributed by atoms with Gasteiger partial charge in [-0.25, -0.2) is 9.79 Å². The van der Waals surface area contributed by atoms with Gasteiger partial charge in [-0.2, -0.15) is 0 Å². The number of rotatable bonds is 5. The predicted molar refractivity (Wildman–Crippen MR) is 129 cm³/mol. The first-order valence-corrected chi connectivity index (χ1v) is 10.9. The Morgan fingerprint density at radius 2 is 1.69 bits per heavy atom. The number of nitrogens with one attached hydrogen (secondary N) is 1. The predicted octanol–water partition coefficient (Wildman–Crippen LogP) is 3.20. The molecule has 166 valence electrons. The first-order valence-electron chi connectivity index (χ1n) is 9.50. The molecule has 0 saturated heterocycles. The minimum atomic E-state index is -0.718. The van der Waals surface area contributed by atoms with Crippen LogP contribution in [0.4, 0.5) is 11.4 Å². The van der Waals surface area contributed by atoms with E-state index in [0.29, 0.717) is 16.4 Å². The van der Waals surface area contributed by atoms with Crippen LogP contribution in [0.25, 0.3) is 0 Å². The number of aromatic nitrogens is 2. The topological polar surface area (TPSA) is 106 Å². The van der Waals surface area contributed by atoms with E-state index in [9.17, 15) is 19.5 Å². The minimum absolute atomic E-state index is 0.0776. The number of aryl methyl sites for hydroxylation is 1. The molecule has 1 aromatic heterocycles. The fourth-order valence-electron chi connectivity index (χ4n) is 2.78. The number of halogens is 1. The quantitative estimate of drug-likeness (QED) is 0.438. The fraction of sp³-hybridized carbons (Fsp3) is 0.182. The molecule has 0 fully saturated rings. The van der Waals surface area contributed by atoms with E-state index < -0.39 is 17.1 Å². The van der Waals surface area contributed by atoms with Crippen LogP contribution in [-0.2, 0) is 18.9 Å². The lowest BCUT2D eigenvalue weighted by molar-refractivity contribution is -0.113. The van der Waals surface area contributed by atoms with E-state index in [2.05, 4.69) is 10.3 Å². The number of hydrogen-bond donors (Lipinski definition) is 2. The van der Waals surface area contributed by atoms with Gasteiger partial charge in [-0.05, 0) is 43.3 Å². The van der Waals surface area contributed by atoms with Gasteiger partial charge in [0.05, 0.1) is 11.4 Å². The highest BCUT2D eigenvalue weighted by molar-refractivity contribution is 8.15. The molecule has 0 aliphatic carbocycles. The molecule has 0 radical (unpaired) electrons. The van der Waals surface area contributed by atoms with Gasteiger partial charge in [-0.3, -0.25) is 18.7 Å². The van der Waals surface area contributed by atoms with Crippen LogP contribution in [0.3, 0.4) is 0 Å². The van der Waals surface area contributed by atoms with Crippen molar-refractivity contribution in [2.45, 2.75) is 6.92 Å². The smallest absolute Gasteiger partial charge is 0.333 e. The molecule has 1 amide bonds. The van der Waals surface area contributed by atoms with Crippen LogP contribution in [0.2, 0.25) is 5.02 Å². The highest BCUT2D eigenvalue weighted by atomic mass is 35.5. The molecule has 3 aromatic rings. The van der Waals surface area contributed by atoms with Gasteiger partial charge >= 0.3 is 5.69 Å². The number of aromatic hydroxyl groups is 1. The van der Waals surface area contributed by atoms with Crippen molar-refractivity contribution >= 4 is 45.7 Å². The highest BCUT2D eigenvalue weighted by Gasteiger charge is 2.22. The molecule has 0 aliphatic rings. The molecule has 0 unspecified atom stereocenters. The van der Waals surface area contributed by atoms with Crippen LogP contribution >= 0.6 is 23.4 Å². The number of benzene rings is 2. The van der Waals surface area contributed by atoms with Crippen molar-refractivity contribution in [3.8, 4) is 5.88 Å². The number of hydrogen-bond acceptors (Lipinski definition) is 6. The average molecular weight is 473 g/mol. The van der Waals surface area contributed by atoms with E-state index in [1.165, 1.54) is 14.1 Å². The molecule has 0 spiro atoms. The third-order valence-corrected chi connectivity index (χ3v) is 5.81. The van der Waals surface area contributed by atoms with Crippen molar-refractivity contribution in [3.05, 3.63) is 85.5 Å². The van der Waals surface area contributed by atoms with Crippen molar-refractivity contribution < 1.29 is 9.90 Å². The molecular weight excluding hydrogens is 452 g/mol. The lowest BCUT2D eigenvalue weighted by Crippen LogP contribution is -2.39. The van der Waals surface area contributed by atoms with E-state index in [1.807, 2.05) is 19.1 Å². The molecule has 0 saturated carbocycles. The van der Waals surface area contributed by atoms with Crippen LogP contribution in [-0.4, -0.2) is 30.9 Å². The van der Waals surface area contributed by atoms with Crippen LogP contribution in [0, 0.1) is 6.92 Å². The van der Waals surface area contributed by atoms with Gasteiger partial charge in [0.25, 0.3) is 5.56 Å². The van der Waals surface area contributed by atoms with Gasteiger partial charge in [0, 0.05) is 24.8 Å². The maximum Gasteiger partial charge on any atom is 0.333 e. The van der Waals surface area contributed by atoms with Gasteiger partial charge in [-0.15, -0.1) is 0 Å². The van der Waals surface area contributed by atoms with Crippen molar-refractivity contribution in [1.29, 1.82) is 0 Å². The normalized spacial score (nSPS) is 11.4. The number of nitrogens with zero attached hydrogens (tertiary/aromatic N) is 3. The molecule has 1 heterocycles. The molecule has 2 N–H and O–H groups in total. The largest absolute Gasteiger partial charge is 0.494 e. The molecule has 3 rings (SSSR count). The Balaban J connectivity index is 1.96. The molecule has 0 atom stereocenters. The van der Waals surface area contributed by atoms with Crippen LogP contribution in [0.5, 0.6) is 5.88 Å². The second kappa shape index (κ2) is 9.88. The van der Waals surface area contributed by atoms with Gasteiger partial charge in [0.1, 0.15) is 10.6 Å². The second-order valence-electron chi connectivity index (χ2n) is 7.00. The first kappa shape index (κ1) is 23.4. The SMILES string of the molecule is Cc1ccc(NC(=O)CSC(=Nc2ccc(Cl)cc2)c2c(O)n(C)c(=O)n(C)c2=O)cc1. The summed E-state index contributed by atoms with van der Waals surface area (Å²) in [6.07, 6.45) is 0. The zero-order valence-corrected chi connectivity index (χ0v) is 19.2. The van der Waals surface area contributed by atoms with E-state index in [4.69, 9.17) is 11.6 Å². The lowest BCUT2D eigenvalue weighted by atomic mass is 10.2. The van der Waals surface area contributed by atoms with E-state index in [1.54, 1.807) is 36.4 Å². The van der Waals surface area contributed by atoms with Crippen LogP contribution < -0.4 is 16.6 Å². The fourth-order valence-corrected chi connectivity index (χ4v) is 3.74. The lowest BCUT2D eigenvalue weighted by Gasteiger charge is -2.12. The van der Waals surface area contributed by atoms with E-state index in [0.717, 1.165) is 26.5 Å². The van der Waals surface area contributed by atoms with Crippen molar-refractivity contribution in [3.63, 3.8) is 0 Å². The summed E-state index contributed by atoms with van der Waals surface area (Å²) in [5, 5.41) is 13.9. The van der Waals surface area contributed by atoms with E-state index in [-0.39, 0.29) is 22.3 Å². The summed E-state index contributed by atoms with van der Waals surface area (Å²) >= 11 is 6.90. The zero-order chi connectivity index (χ0) is 23.4. The number of carbonyl (C=O) groups excluding carboxylic acids is 1. The number of thioether (sulfide) groups is 1. The molecule has 0 bridgehead atoms. The van der Waals surface area contributed by atoms with Crippen molar-refractivity contribution in [2.75, 3.05) is 11.1 Å². The Hall–Kier alpha value is -3.30. The standard InChI is InChI=1S/C22H21ClN4O4S/c1-13-4-8-15(9-5-13)24-17(28)12-32-19(25-16-10-6-14(23)7-11-16)18-20(29)26(2)22(31)27(3)21(18)30/h4-11,29H,12H2,1-3H3,(H,24,28). The maximum absolute atomic E-state index is 12.8. The molecule has 32 heavy (non-hydrogen) atoms. The zero-order valence-electron chi connectivity index (χ0n) is 17.6. The molecular formula is C22H21ClN4O4S. The Morgan fingerprint density at radius 1 is 1.06 bits per heavy atom. The molecule has 8 nitrogen and oxygen atoms in total. The first-order chi connectivity index (χ1) is 15.2. The summed E-state index contributed by atoms with van der Waals surface area (Å²) < 4.78 is 1.82. The maximum atomic E-state index is 12.8. The number of aliphatic imine (C=N–C) groups is 1. The summed E-state index contributed by atoms with van der Waals surface area (Å²) in [5.41, 5.74) is 0.604.